The van der Waals surface area contributed by atoms with Crippen molar-refractivity contribution in [2.75, 3.05) is 23.3 Å². The Bertz CT molecular complexity index is 666. The summed E-state index contributed by atoms with van der Waals surface area (Å²) in [6, 6.07) is 7.92. The first kappa shape index (κ1) is 15.5. The van der Waals surface area contributed by atoms with Gasteiger partial charge in [-0.25, -0.2) is 9.97 Å². The number of rotatable bonds is 3. The van der Waals surface area contributed by atoms with Gasteiger partial charge in [0, 0.05) is 31.2 Å². The SMILES string of the molecule is Cc1cc(C)cc(NC(=O)[C@H]2CCCN(c3ncccn3)C2)c1. The zero-order valence-electron chi connectivity index (χ0n) is 13.6. The number of carbonyl (C=O) groups excluding carboxylic acids is 1. The highest BCUT2D eigenvalue weighted by molar-refractivity contribution is 5.93. The van der Waals surface area contributed by atoms with Gasteiger partial charge in [0.05, 0.1) is 5.92 Å². The number of anilines is 2. The highest BCUT2D eigenvalue weighted by Gasteiger charge is 2.27. The molecule has 0 unspecified atom stereocenters. The lowest BCUT2D eigenvalue weighted by molar-refractivity contribution is -0.120. The molecule has 1 atom stereocenters. The molecule has 120 valence electrons. The molecule has 0 bridgehead atoms. The maximum absolute atomic E-state index is 12.6. The van der Waals surface area contributed by atoms with Crippen LogP contribution in [0.2, 0.25) is 0 Å². The van der Waals surface area contributed by atoms with E-state index in [2.05, 4.69) is 26.3 Å². The van der Waals surface area contributed by atoms with Crippen LogP contribution in [-0.2, 0) is 4.79 Å². The molecule has 1 aliphatic heterocycles. The van der Waals surface area contributed by atoms with Gasteiger partial charge in [-0.1, -0.05) is 6.07 Å². The monoisotopic (exact) mass is 310 g/mol. The molecule has 1 aliphatic rings. The van der Waals surface area contributed by atoms with Crippen molar-refractivity contribution in [3.63, 3.8) is 0 Å². The van der Waals surface area contributed by atoms with Crippen LogP contribution in [0.3, 0.4) is 0 Å². The van der Waals surface area contributed by atoms with E-state index in [0.29, 0.717) is 12.5 Å². The molecule has 0 spiro atoms. The lowest BCUT2D eigenvalue weighted by Crippen LogP contribution is -2.41. The first-order valence-electron chi connectivity index (χ1n) is 8.03. The van der Waals surface area contributed by atoms with Gasteiger partial charge in [-0.15, -0.1) is 0 Å². The van der Waals surface area contributed by atoms with Crippen molar-refractivity contribution >= 4 is 17.5 Å². The number of aryl methyl sites for hydroxylation is 2. The van der Waals surface area contributed by atoms with Crippen molar-refractivity contribution in [2.24, 2.45) is 5.92 Å². The molecule has 5 nitrogen and oxygen atoms in total. The third kappa shape index (κ3) is 3.86. The number of carbonyl (C=O) groups is 1. The lowest BCUT2D eigenvalue weighted by Gasteiger charge is -2.31. The Kier molecular flexibility index (Phi) is 4.55. The zero-order chi connectivity index (χ0) is 16.2. The van der Waals surface area contributed by atoms with Crippen LogP contribution in [0.1, 0.15) is 24.0 Å². The fourth-order valence-electron chi connectivity index (χ4n) is 3.12. The van der Waals surface area contributed by atoms with Crippen molar-refractivity contribution in [3.05, 3.63) is 47.8 Å². The maximum atomic E-state index is 12.6. The quantitative estimate of drug-likeness (QED) is 0.947. The maximum Gasteiger partial charge on any atom is 0.229 e. The number of amides is 1. The Morgan fingerprint density at radius 1 is 1.17 bits per heavy atom. The van der Waals surface area contributed by atoms with E-state index < -0.39 is 0 Å². The van der Waals surface area contributed by atoms with Crippen LogP contribution < -0.4 is 10.2 Å². The molecular formula is C18H22N4O. The van der Waals surface area contributed by atoms with E-state index in [0.717, 1.165) is 36.2 Å². The molecule has 0 radical (unpaired) electrons. The Labute approximate surface area is 136 Å². The van der Waals surface area contributed by atoms with E-state index in [1.165, 1.54) is 0 Å². The summed E-state index contributed by atoms with van der Waals surface area (Å²) < 4.78 is 0. The number of benzene rings is 1. The Hall–Kier alpha value is -2.43. The van der Waals surface area contributed by atoms with Gasteiger partial charge >= 0.3 is 0 Å². The third-order valence-corrected chi connectivity index (χ3v) is 4.12. The van der Waals surface area contributed by atoms with Gasteiger partial charge in [0.15, 0.2) is 0 Å². The summed E-state index contributed by atoms with van der Waals surface area (Å²) in [4.78, 5) is 23.3. The summed E-state index contributed by atoms with van der Waals surface area (Å²) in [7, 11) is 0. The summed E-state index contributed by atoms with van der Waals surface area (Å²) in [5, 5.41) is 3.06. The van der Waals surface area contributed by atoms with Gasteiger partial charge in [0.25, 0.3) is 0 Å². The van der Waals surface area contributed by atoms with E-state index in [9.17, 15) is 4.79 Å². The summed E-state index contributed by atoms with van der Waals surface area (Å²) >= 11 is 0. The number of hydrogen-bond donors (Lipinski definition) is 1. The minimum absolute atomic E-state index is 0.0339. The van der Waals surface area contributed by atoms with Crippen molar-refractivity contribution in [2.45, 2.75) is 26.7 Å². The van der Waals surface area contributed by atoms with E-state index in [1.807, 2.05) is 26.0 Å². The Morgan fingerprint density at radius 2 is 1.87 bits per heavy atom. The molecular weight excluding hydrogens is 288 g/mol. The van der Waals surface area contributed by atoms with Gasteiger partial charge in [-0.2, -0.15) is 0 Å². The van der Waals surface area contributed by atoms with Gasteiger partial charge in [-0.05, 0) is 56.0 Å². The first-order valence-corrected chi connectivity index (χ1v) is 8.03. The summed E-state index contributed by atoms with van der Waals surface area (Å²) in [6.07, 6.45) is 5.35. The molecule has 1 amide bonds. The Morgan fingerprint density at radius 3 is 2.57 bits per heavy atom. The van der Waals surface area contributed by atoms with Crippen LogP contribution >= 0.6 is 0 Å². The Balaban J connectivity index is 1.67. The number of piperidine rings is 1. The number of aromatic nitrogens is 2. The fourth-order valence-corrected chi connectivity index (χ4v) is 3.12. The van der Waals surface area contributed by atoms with Crippen LogP contribution in [0.5, 0.6) is 0 Å². The van der Waals surface area contributed by atoms with E-state index in [1.54, 1.807) is 18.5 Å². The van der Waals surface area contributed by atoms with Crippen molar-refractivity contribution in [1.29, 1.82) is 0 Å². The highest BCUT2D eigenvalue weighted by atomic mass is 16.1. The predicted molar refractivity (Wildman–Crippen MR) is 91.5 cm³/mol. The van der Waals surface area contributed by atoms with Crippen LogP contribution in [0.4, 0.5) is 11.6 Å². The van der Waals surface area contributed by atoms with Gasteiger partial charge in [0.1, 0.15) is 0 Å². The molecule has 23 heavy (non-hydrogen) atoms. The molecule has 1 aromatic carbocycles. The number of nitrogens with one attached hydrogen (secondary N) is 1. The minimum atomic E-state index is -0.0339. The van der Waals surface area contributed by atoms with Crippen molar-refractivity contribution in [3.8, 4) is 0 Å². The third-order valence-electron chi connectivity index (χ3n) is 4.12. The first-order chi connectivity index (χ1) is 11.1. The smallest absolute Gasteiger partial charge is 0.229 e. The second-order valence-corrected chi connectivity index (χ2v) is 6.20. The standard InChI is InChI=1S/C18H22N4O/c1-13-9-14(2)11-16(10-13)21-17(23)15-5-3-8-22(12-15)18-19-6-4-7-20-18/h4,6-7,9-11,15H,3,5,8,12H2,1-2H3,(H,21,23)/t15-/m0/s1. The van der Waals surface area contributed by atoms with Gasteiger partial charge in [-0.3, -0.25) is 4.79 Å². The van der Waals surface area contributed by atoms with E-state index in [-0.39, 0.29) is 11.8 Å². The second-order valence-electron chi connectivity index (χ2n) is 6.20. The fraction of sp³-hybridized carbons (Fsp3) is 0.389. The predicted octanol–water partition coefficient (Wildman–Crippen LogP) is 2.95. The van der Waals surface area contributed by atoms with Crippen molar-refractivity contribution in [1.82, 2.24) is 9.97 Å². The number of nitrogens with zero attached hydrogens (tertiary/aromatic N) is 3. The van der Waals surface area contributed by atoms with Gasteiger partial charge < -0.3 is 10.2 Å². The normalized spacial score (nSPS) is 17.8. The molecule has 2 aromatic rings. The van der Waals surface area contributed by atoms with Gasteiger partial charge in [0.2, 0.25) is 11.9 Å². The number of hydrogen-bond acceptors (Lipinski definition) is 4. The van der Waals surface area contributed by atoms with E-state index in [4.69, 9.17) is 0 Å². The molecule has 0 saturated carbocycles. The molecule has 0 aliphatic carbocycles. The van der Waals surface area contributed by atoms with Crippen LogP contribution in [0.25, 0.3) is 0 Å². The minimum Gasteiger partial charge on any atom is -0.340 e. The topological polar surface area (TPSA) is 58.1 Å². The molecule has 1 saturated heterocycles. The average molecular weight is 310 g/mol. The summed E-state index contributed by atoms with van der Waals surface area (Å²) in [5.74, 6) is 0.750. The largest absolute Gasteiger partial charge is 0.340 e. The lowest BCUT2D eigenvalue weighted by atomic mass is 9.97. The van der Waals surface area contributed by atoms with Crippen molar-refractivity contribution < 1.29 is 4.79 Å². The molecule has 1 aromatic heterocycles. The zero-order valence-corrected chi connectivity index (χ0v) is 13.6. The second kappa shape index (κ2) is 6.77. The highest BCUT2D eigenvalue weighted by Crippen LogP contribution is 2.22. The van der Waals surface area contributed by atoms with Crippen LogP contribution in [0, 0.1) is 19.8 Å². The van der Waals surface area contributed by atoms with E-state index >= 15 is 0 Å². The molecule has 1 fully saturated rings. The molecule has 1 N–H and O–H groups in total. The molecule has 2 heterocycles. The molecule has 3 rings (SSSR count). The van der Waals surface area contributed by atoms with Crippen LogP contribution in [0.15, 0.2) is 36.7 Å². The van der Waals surface area contributed by atoms with Crippen LogP contribution in [-0.4, -0.2) is 29.0 Å². The summed E-state index contributed by atoms with van der Waals surface area (Å²) in [5.41, 5.74) is 3.19. The average Bonchev–Trinajstić information content (AvgIpc) is 2.55. The molecule has 5 heteroatoms. The summed E-state index contributed by atoms with van der Waals surface area (Å²) in [6.45, 7) is 5.65.